The zero-order valence-corrected chi connectivity index (χ0v) is 16.6. The van der Waals surface area contributed by atoms with Crippen LogP contribution in [0.15, 0.2) is 48.5 Å². The van der Waals surface area contributed by atoms with E-state index < -0.39 is 11.6 Å². The Morgan fingerprint density at radius 2 is 1.84 bits per heavy atom. The molecule has 162 valence electrons. The molecule has 0 radical (unpaired) electrons. The third kappa shape index (κ3) is 4.87. The molecule has 31 heavy (non-hydrogen) atoms. The molecule has 1 aromatic heterocycles. The molecule has 3 aromatic rings. The topological polar surface area (TPSA) is 88.4 Å². The summed E-state index contributed by atoms with van der Waals surface area (Å²) in [6, 6.07) is 12.4. The van der Waals surface area contributed by atoms with E-state index >= 15 is 0 Å². The number of anilines is 1. The largest absolute Gasteiger partial charge is 0.489 e. The second-order valence-corrected chi connectivity index (χ2v) is 6.86. The van der Waals surface area contributed by atoms with Crippen molar-refractivity contribution in [2.75, 3.05) is 44.2 Å². The lowest BCUT2D eigenvalue weighted by Crippen LogP contribution is -2.52. The molecule has 2 amide bonds. The molecule has 1 fully saturated rings. The van der Waals surface area contributed by atoms with Gasteiger partial charge in [0.1, 0.15) is 12.4 Å². The minimum Gasteiger partial charge on any atom is -0.489 e. The fourth-order valence-corrected chi connectivity index (χ4v) is 3.25. The van der Waals surface area contributed by atoms with Crippen LogP contribution >= 0.6 is 0 Å². The number of carbonyl (C=O) groups is 1. The number of amides is 2. The number of aromatic nitrogens is 4. The maximum absolute atomic E-state index is 13.5. The van der Waals surface area contributed by atoms with Gasteiger partial charge >= 0.3 is 6.03 Å². The van der Waals surface area contributed by atoms with Gasteiger partial charge in [-0.2, -0.15) is 4.68 Å². The van der Waals surface area contributed by atoms with Gasteiger partial charge in [-0.05, 0) is 34.7 Å². The van der Waals surface area contributed by atoms with Gasteiger partial charge in [-0.3, -0.25) is 0 Å². The average molecular weight is 429 g/mol. The summed E-state index contributed by atoms with van der Waals surface area (Å²) in [6.07, 6.45) is 0. The Morgan fingerprint density at radius 1 is 1.06 bits per heavy atom. The quantitative estimate of drug-likeness (QED) is 0.602. The van der Waals surface area contributed by atoms with E-state index in [2.05, 4.69) is 20.8 Å². The average Bonchev–Trinajstić information content (AvgIpc) is 3.28. The fourth-order valence-electron chi connectivity index (χ4n) is 3.25. The van der Waals surface area contributed by atoms with Crippen molar-refractivity contribution in [2.24, 2.45) is 0 Å². The lowest BCUT2D eigenvalue weighted by molar-refractivity contribution is 0.191. The summed E-state index contributed by atoms with van der Waals surface area (Å²) in [5, 5.41) is 14.7. The normalized spacial score (nSPS) is 13.9. The summed E-state index contributed by atoms with van der Waals surface area (Å²) in [5.41, 5.74) is 0.861. The Morgan fingerprint density at radius 3 is 2.58 bits per heavy atom. The number of rotatable bonds is 6. The summed E-state index contributed by atoms with van der Waals surface area (Å²) in [6.45, 7) is 2.43. The van der Waals surface area contributed by atoms with Crippen LogP contribution in [-0.4, -0.2) is 70.5 Å². The van der Waals surface area contributed by atoms with Crippen LogP contribution in [-0.2, 0) is 0 Å². The smallest absolute Gasteiger partial charge is 0.317 e. The van der Waals surface area contributed by atoms with Gasteiger partial charge in [0.2, 0.25) is 5.95 Å². The van der Waals surface area contributed by atoms with E-state index in [4.69, 9.17) is 4.74 Å². The predicted octanol–water partition coefficient (Wildman–Crippen LogP) is 1.85. The molecule has 11 heteroatoms. The third-order valence-corrected chi connectivity index (χ3v) is 4.83. The van der Waals surface area contributed by atoms with Crippen LogP contribution in [0.2, 0.25) is 0 Å². The third-order valence-electron chi connectivity index (χ3n) is 4.83. The minimum absolute atomic E-state index is 0.0552. The SMILES string of the molecule is O=C(NCCOc1ccc(F)cc1F)N1CCN(c2nnnn2-c2ccccc2)CC1. The highest BCUT2D eigenvalue weighted by Crippen LogP contribution is 2.18. The van der Waals surface area contributed by atoms with Crippen LogP contribution in [0.4, 0.5) is 19.5 Å². The summed E-state index contributed by atoms with van der Waals surface area (Å²) in [4.78, 5) is 16.1. The number of benzene rings is 2. The molecule has 0 atom stereocenters. The lowest BCUT2D eigenvalue weighted by atomic mass is 10.3. The van der Waals surface area contributed by atoms with Crippen molar-refractivity contribution in [3.8, 4) is 11.4 Å². The second kappa shape index (κ2) is 9.37. The van der Waals surface area contributed by atoms with Gasteiger partial charge in [0.05, 0.1) is 12.2 Å². The number of urea groups is 1. The van der Waals surface area contributed by atoms with E-state index in [0.717, 1.165) is 17.8 Å². The van der Waals surface area contributed by atoms with E-state index in [1.54, 1.807) is 9.58 Å². The van der Waals surface area contributed by atoms with Crippen LogP contribution in [0.3, 0.4) is 0 Å². The monoisotopic (exact) mass is 429 g/mol. The van der Waals surface area contributed by atoms with Crippen molar-refractivity contribution in [3.05, 3.63) is 60.2 Å². The zero-order valence-electron chi connectivity index (χ0n) is 16.6. The number of hydrogen-bond acceptors (Lipinski definition) is 6. The lowest BCUT2D eigenvalue weighted by Gasteiger charge is -2.34. The summed E-state index contributed by atoms with van der Waals surface area (Å²) >= 11 is 0. The van der Waals surface area contributed by atoms with Crippen molar-refractivity contribution in [2.45, 2.75) is 0 Å². The number of ether oxygens (including phenoxy) is 1. The highest BCUT2D eigenvalue weighted by molar-refractivity contribution is 5.74. The molecule has 1 aliphatic heterocycles. The molecule has 1 saturated heterocycles. The van der Waals surface area contributed by atoms with Gasteiger partial charge in [-0.15, -0.1) is 0 Å². The minimum atomic E-state index is -0.778. The molecular weight excluding hydrogens is 408 g/mol. The Balaban J connectivity index is 1.24. The Kier molecular flexibility index (Phi) is 6.20. The maximum Gasteiger partial charge on any atom is 0.317 e. The molecule has 0 aliphatic carbocycles. The second-order valence-electron chi connectivity index (χ2n) is 6.86. The Hall–Kier alpha value is -3.76. The standard InChI is InChI=1S/C20H21F2N7O2/c21-15-6-7-18(17(22)14-15)31-13-8-23-20(30)28-11-9-27(10-12-28)19-24-25-26-29(19)16-4-2-1-3-5-16/h1-7,14H,8-13H2,(H,23,30). The molecule has 1 aliphatic rings. The molecular formula is C20H21F2N7O2. The van der Waals surface area contributed by atoms with Crippen LogP contribution in [0.25, 0.3) is 5.69 Å². The number of nitrogens with zero attached hydrogens (tertiary/aromatic N) is 6. The number of tetrazole rings is 1. The first-order chi connectivity index (χ1) is 15.1. The number of piperazine rings is 1. The number of halogens is 2. The molecule has 2 aromatic carbocycles. The van der Waals surface area contributed by atoms with E-state index in [0.29, 0.717) is 32.1 Å². The molecule has 0 bridgehead atoms. The molecule has 2 heterocycles. The number of para-hydroxylation sites is 1. The summed E-state index contributed by atoms with van der Waals surface area (Å²) in [7, 11) is 0. The zero-order chi connectivity index (χ0) is 21.6. The van der Waals surface area contributed by atoms with Crippen LogP contribution in [0, 0.1) is 11.6 Å². The highest BCUT2D eigenvalue weighted by Gasteiger charge is 2.24. The van der Waals surface area contributed by atoms with Crippen molar-refractivity contribution in [1.82, 2.24) is 30.4 Å². The van der Waals surface area contributed by atoms with Crippen LogP contribution < -0.4 is 15.0 Å². The molecule has 1 N–H and O–H groups in total. The molecule has 0 unspecified atom stereocenters. The number of hydrogen-bond donors (Lipinski definition) is 1. The van der Waals surface area contributed by atoms with E-state index in [9.17, 15) is 13.6 Å². The van der Waals surface area contributed by atoms with E-state index in [1.807, 2.05) is 35.2 Å². The molecule has 0 saturated carbocycles. The van der Waals surface area contributed by atoms with Gasteiger partial charge < -0.3 is 19.9 Å². The summed E-state index contributed by atoms with van der Waals surface area (Å²) < 4.78 is 33.3. The Bertz CT molecular complexity index is 1020. The van der Waals surface area contributed by atoms with Gasteiger partial charge in [0, 0.05) is 32.2 Å². The van der Waals surface area contributed by atoms with Gasteiger partial charge in [-0.25, -0.2) is 13.6 Å². The van der Waals surface area contributed by atoms with Gasteiger partial charge in [-0.1, -0.05) is 23.3 Å². The first kappa shape index (κ1) is 20.5. The van der Waals surface area contributed by atoms with Crippen molar-refractivity contribution in [1.29, 1.82) is 0 Å². The van der Waals surface area contributed by atoms with E-state index in [1.165, 1.54) is 6.07 Å². The van der Waals surface area contributed by atoms with E-state index in [-0.39, 0.29) is 24.9 Å². The number of carbonyl (C=O) groups excluding carboxylic acids is 1. The maximum atomic E-state index is 13.5. The predicted molar refractivity (Wildman–Crippen MR) is 108 cm³/mol. The van der Waals surface area contributed by atoms with Crippen molar-refractivity contribution in [3.63, 3.8) is 0 Å². The van der Waals surface area contributed by atoms with Crippen LogP contribution in [0.1, 0.15) is 0 Å². The Labute approximate surface area is 177 Å². The van der Waals surface area contributed by atoms with Crippen LogP contribution in [0.5, 0.6) is 5.75 Å². The fraction of sp³-hybridized carbons (Fsp3) is 0.300. The van der Waals surface area contributed by atoms with Crippen molar-refractivity contribution >= 4 is 12.0 Å². The van der Waals surface area contributed by atoms with Crippen molar-refractivity contribution < 1.29 is 18.3 Å². The molecule has 0 spiro atoms. The van der Waals surface area contributed by atoms with Gasteiger partial charge in [0.25, 0.3) is 0 Å². The number of nitrogens with one attached hydrogen (secondary N) is 1. The molecule has 4 rings (SSSR count). The highest BCUT2D eigenvalue weighted by atomic mass is 19.1. The first-order valence-electron chi connectivity index (χ1n) is 9.81. The first-order valence-corrected chi connectivity index (χ1v) is 9.81. The summed E-state index contributed by atoms with van der Waals surface area (Å²) in [5.74, 6) is -0.878. The van der Waals surface area contributed by atoms with Gasteiger partial charge in [0.15, 0.2) is 11.6 Å². The molecule has 9 nitrogen and oxygen atoms in total.